The van der Waals surface area contributed by atoms with E-state index in [4.69, 9.17) is 33.3 Å². The highest BCUT2D eigenvalue weighted by atomic mass is 35.5. The van der Waals surface area contributed by atoms with Gasteiger partial charge in [-0.15, -0.1) is 0 Å². The van der Waals surface area contributed by atoms with Crippen LogP contribution in [0.3, 0.4) is 0 Å². The second kappa shape index (κ2) is 8.07. The Hall–Kier alpha value is -1.38. The molecule has 0 aliphatic heterocycles. The molecule has 188 valence electrons. The zero-order valence-electron chi connectivity index (χ0n) is 20.0. The number of ketones is 1. The van der Waals surface area contributed by atoms with Gasteiger partial charge in [0.25, 0.3) is 0 Å². The van der Waals surface area contributed by atoms with Crippen LogP contribution in [0.5, 0.6) is 0 Å². The first-order valence-electron chi connectivity index (χ1n) is 11.7. The molecular formula is C25H31ClF2O5S. The van der Waals surface area contributed by atoms with Crippen LogP contribution < -0.4 is 0 Å². The predicted molar refractivity (Wildman–Crippen MR) is 127 cm³/mol. The van der Waals surface area contributed by atoms with Crippen LogP contribution in [0.25, 0.3) is 0 Å². The van der Waals surface area contributed by atoms with Gasteiger partial charge in [0.1, 0.15) is 6.17 Å². The lowest BCUT2D eigenvalue weighted by molar-refractivity contribution is -0.222. The van der Waals surface area contributed by atoms with E-state index >= 15 is 8.78 Å². The van der Waals surface area contributed by atoms with Crippen LogP contribution in [0, 0.1) is 28.6 Å². The highest BCUT2D eigenvalue weighted by molar-refractivity contribution is 7.80. The van der Waals surface area contributed by atoms with Gasteiger partial charge < -0.3 is 14.6 Å². The summed E-state index contributed by atoms with van der Waals surface area (Å²) in [7, 11) is 0. The van der Waals surface area contributed by atoms with Crippen LogP contribution in [-0.4, -0.2) is 52.1 Å². The number of aliphatic hydroxyl groups excluding tert-OH is 1. The first kappa shape index (κ1) is 25.7. The summed E-state index contributed by atoms with van der Waals surface area (Å²) in [4.78, 5) is 24.4. The maximum Gasteiger partial charge on any atom is 0.303 e. The normalized spacial score (nSPS) is 47.6. The van der Waals surface area contributed by atoms with Gasteiger partial charge in [-0.2, -0.15) is 0 Å². The SMILES string of the molecule is CCOC(=S)[C@@]1(OC(C)=O)[C@H](C)C[C@H]2[C@@H]3C[C@H](F)C4=C(Cl)C(=O)C=C[C@]4(C)[C@@]3(F)[C@@H](O)C[C@@]21C. The summed E-state index contributed by atoms with van der Waals surface area (Å²) in [6.45, 7) is 8.49. The summed E-state index contributed by atoms with van der Waals surface area (Å²) in [6, 6.07) is 0. The molecule has 0 saturated heterocycles. The second-order valence-electron chi connectivity index (χ2n) is 10.6. The number of thiocarbonyl (C=S) groups is 1. The molecule has 0 spiro atoms. The van der Waals surface area contributed by atoms with E-state index in [-0.39, 0.29) is 41.0 Å². The first-order chi connectivity index (χ1) is 15.7. The first-order valence-corrected chi connectivity index (χ1v) is 12.5. The summed E-state index contributed by atoms with van der Waals surface area (Å²) in [5.41, 5.74) is -6.37. The number of carbonyl (C=O) groups excluding carboxylic acids is 2. The number of ether oxygens (including phenoxy) is 2. The second-order valence-corrected chi connectivity index (χ2v) is 11.4. The van der Waals surface area contributed by atoms with Crippen molar-refractivity contribution in [2.45, 2.75) is 77.4 Å². The molecule has 0 radical (unpaired) electrons. The zero-order valence-corrected chi connectivity index (χ0v) is 21.6. The van der Waals surface area contributed by atoms with Gasteiger partial charge >= 0.3 is 5.97 Å². The highest BCUT2D eigenvalue weighted by Gasteiger charge is 2.78. The minimum absolute atomic E-state index is 0.0886. The average molecular weight is 517 g/mol. The number of rotatable bonds is 3. The van der Waals surface area contributed by atoms with E-state index in [1.54, 1.807) is 6.92 Å². The van der Waals surface area contributed by atoms with Gasteiger partial charge in [0, 0.05) is 29.6 Å². The van der Waals surface area contributed by atoms with Crippen LogP contribution in [0.15, 0.2) is 22.8 Å². The zero-order chi connectivity index (χ0) is 25.4. The molecule has 0 aromatic heterocycles. The van der Waals surface area contributed by atoms with Crippen molar-refractivity contribution in [3.8, 4) is 0 Å². The molecule has 0 aromatic carbocycles. The Kier molecular flexibility index (Phi) is 6.10. The van der Waals surface area contributed by atoms with Crippen molar-refractivity contribution in [2.75, 3.05) is 6.61 Å². The van der Waals surface area contributed by atoms with Gasteiger partial charge in [-0.1, -0.05) is 31.5 Å². The highest BCUT2D eigenvalue weighted by Crippen LogP contribution is 2.72. The minimum atomic E-state index is -2.29. The maximum absolute atomic E-state index is 17.4. The predicted octanol–water partition coefficient (Wildman–Crippen LogP) is 4.78. The monoisotopic (exact) mass is 516 g/mol. The summed E-state index contributed by atoms with van der Waals surface area (Å²) < 4.78 is 44.7. The van der Waals surface area contributed by atoms with Crippen molar-refractivity contribution in [1.82, 2.24) is 0 Å². The Morgan fingerprint density at radius 3 is 2.56 bits per heavy atom. The number of allylic oxidation sites excluding steroid dienone is 4. The van der Waals surface area contributed by atoms with Crippen molar-refractivity contribution in [3.63, 3.8) is 0 Å². The Balaban J connectivity index is 1.90. The lowest BCUT2D eigenvalue weighted by Gasteiger charge is -2.63. The Labute approximate surface area is 208 Å². The average Bonchev–Trinajstić information content (AvgIpc) is 2.95. The molecule has 3 fully saturated rings. The van der Waals surface area contributed by atoms with Crippen molar-refractivity contribution in [1.29, 1.82) is 0 Å². The van der Waals surface area contributed by atoms with Crippen molar-refractivity contribution in [3.05, 3.63) is 22.8 Å². The van der Waals surface area contributed by atoms with E-state index in [1.807, 2.05) is 13.8 Å². The van der Waals surface area contributed by atoms with E-state index in [2.05, 4.69) is 0 Å². The standard InChI is InChI=1S/C25H31ClF2O5S/c1-6-32-21(34)25(33-13(3)29)12(2)9-14-15-10-16(27)19-20(26)17(30)7-8-22(19,4)24(15,28)18(31)11-23(14,25)5/h7-8,12,14-16,18,31H,6,9-11H2,1-5H3/t12-,14+,15+,16+,18+,22+,23+,24+,25+/m1/s1. The molecular weight excluding hydrogens is 486 g/mol. The topological polar surface area (TPSA) is 72.8 Å². The van der Waals surface area contributed by atoms with Crippen LogP contribution in [-0.2, 0) is 19.1 Å². The van der Waals surface area contributed by atoms with E-state index < -0.39 is 58.0 Å². The van der Waals surface area contributed by atoms with E-state index in [9.17, 15) is 14.7 Å². The molecule has 9 atom stereocenters. The lowest BCUT2D eigenvalue weighted by Crippen LogP contribution is -2.71. The summed E-state index contributed by atoms with van der Waals surface area (Å²) in [5, 5.41) is 11.2. The number of halogens is 3. The largest absolute Gasteiger partial charge is 0.484 e. The number of hydrogen-bond donors (Lipinski definition) is 1. The molecule has 0 aromatic rings. The molecule has 0 unspecified atom stereocenters. The number of hydrogen-bond acceptors (Lipinski definition) is 6. The molecule has 34 heavy (non-hydrogen) atoms. The molecule has 0 bridgehead atoms. The van der Waals surface area contributed by atoms with Crippen molar-refractivity contribution >= 4 is 40.6 Å². The molecule has 0 heterocycles. The number of alkyl halides is 2. The summed E-state index contributed by atoms with van der Waals surface area (Å²) in [6.07, 6.45) is -0.643. The van der Waals surface area contributed by atoms with Crippen LogP contribution in [0.2, 0.25) is 0 Å². The van der Waals surface area contributed by atoms with Gasteiger partial charge in [0.15, 0.2) is 17.1 Å². The van der Waals surface area contributed by atoms with Crippen LogP contribution in [0.1, 0.15) is 53.9 Å². The van der Waals surface area contributed by atoms with E-state index in [1.165, 1.54) is 19.9 Å². The van der Waals surface area contributed by atoms with E-state index in [0.29, 0.717) is 6.42 Å². The van der Waals surface area contributed by atoms with E-state index in [0.717, 1.165) is 6.08 Å². The van der Waals surface area contributed by atoms with Gasteiger partial charge in [-0.25, -0.2) is 8.78 Å². The molecule has 4 aliphatic rings. The number of aliphatic hydroxyl groups is 1. The van der Waals surface area contributed by atoms with Gasteiger partial charge in [0.05, 0.1) is 17.7 Å². The van der Waals surface area contributed by atoms with Crippen LogP contribution in [0.4, 0.5) is 8.78 Å². The van der Waals surface area contributed by atoms with Crippen LogP contribution >= 0.6 is 23.8 Å². The number of carbonyl (C=O) groups is 2. The van der Waals surface area contributed by atoms with Crippen molar-refractivity contribution < 1.29 is 33.0 Å². The molecule has 4 aliphatic carbocycles. The summed E-state index contributed by atoms with van der Waals surface area (Å²) in [5.74, 6) is -2.90. The summed E-state index contributed by atoms with van der Waals surface area (Å²) >= 11 is 11.8. The molecule has 1 N–H and O–H groups in total. The minimum Gasteiger partial charge on any atom is -0.484 e. The third kappa shape index (κ3) is 2.94. The maximum atomic E-state index is 17.4. The van der Waals surface area contributed by atoms with Gasteiger partial charge in [-0.05, 0) is 62.9 Å². The van der Waals surface area contributed by atoms with Gasteiger partial charge in [0.2, 0.25) is 5.05 Å². The lowest BCUT2D eigenvalue weighted by atomic mass is 9.44. The fraction of sp³-hybridized carbons (Fsp3) is 0.720. The third-order valence-electron chi connectivity index (χ3n) is 9.13. The molecule has 0 amide bonds. The molecule has 9 heteroatoms. The Morgan fingerprint density at radius 2 is 1.97 bits per heavy atom. The molecule has 5 nitrogen and oxygen atoms in total. The van der Waals surface area contributed by atoms with Gasteiger partial charge in [-0.3, -0.25) is 9.59 Å². The molecule has 3 saturated carbocycles. The third-order valence-corrected chi connectivity index (χ3v) is 9.94. The number of fused-ring (bicyclic) bond motifs is 5. The smallest absolute Gasteiger partial charge is 0.303 e. The Bertz CT molecular complexity index is 1020. The van der Waals surface area contributed by atoms with Crippen molar-refractivity contribution in [2.24, 2.45) is 28.6 Å². The fourth-order valence-corrected chi connectivity index (χ4v) is 8.75. The number of esters is 1. The quantitative estimate of drug-likeness (QED) is 0.430. The fourth-order valence-electron chi connectivity index (χ4n) is 7.78. The Morgan fingerprint density at radius 1 is 1.32 bits per heavy atom. The molecule has 4 rings (SSSR count).